The van der Waals surface area contributed by atoms with Gasteiger partial charge in [0.1, 0.15) is 16.5 Å². The number of sulfonamides is 1. The van der Waals surface area contributed by atoms with Crippen LogP contribution in [0.5, 0.6) is 0 Å². The number of aromatic nitrogens is 1. The average molecular weight is 360 g/mol. The van der Waals surface area contributed by atoms with Crippen molar-refractivity contribution in [3.05, 3.63) is 52.4 Å². The number of benzene rings is 1. The molecule has 2 aromatic rings. The molecule has 0 spiro atoms. The van der Waals surface area contributed by atoms with Crippen molar-refractivity contribution in [2.75, 3.05) is 4.72 Å². The van der Waals surface area contributed by atoms with Crippen LogP contribution in [-0.4, -0.2) is 13.4 Å². The van der Waals surface area contributed by atoms with Crippen molar-refractivity contribution in [2.45, 2.75) is 11.4 Å². The molecular weight excluding hydrogens is 349 g/mol. The molecule has 1 aromatic carbocycles. The Bertz CT molecular complexity index is 720. The molecule has 0 amide bonds. The van der Waals surface area contributed by atoms with Gasteiger partial charge in [-0.15, -0.1) is 0 Å². The van der Waals surface area contributed by atoms with E-state index in [1.54, 1.807) is 6.07 Å². The van der Waals surface area contributed by atoms with Gasteiger partial charge in [-0.05, 0) is 45.8 Å². The highest BCUT2D eigenvalue weighted by Gasteiger charge is 2.19. The summed E-state index contributed by atoms with van der Waals surface area (Å²) in [5.74, 6) is -0.743. The number of rotatable bonds is 4. The van der Waals surface area contributed by atoms with Crippen LogP contribution in [0.25, 0.3) is 0 Å². The fraction of sp³-hybridized carbons (Fsp3) is 0.0833. The minimum atomic E-state index is -4.03. The van der Waals surface area contributed by atoms with E-state index >= 15 is 0 Å². The Labute approximate surface area is 124 Å². The first-order valence-corrected chi connectivity index (χ1v) is 7.83. The van der Waals surface area contributed by atoms with Crippen LogP contribution in [0.15, 0.2) is 45.9 Å². The standard InChI is InChI=1S/C12H11BrFN3O2S/c13-9-2-4-12(16-7-9)17-20(18,19)11-3-1-8(6-15)5-10(11)14/h1-5,7H,6,15H2,(H,16,17). The predicted octanol–water partition coefficient (Wildman–Crippen LogP) is 2.24. The summed E-state index contributed by atoms with van der Waals surface area (Å²) in [6, 6.07) is 6.83. The molecule has 0 saturated carbocycles. The van der Waals surface area contributed by atoms with Crippen molar-refractivity contribution in [3.8, 4) is 0 Å². The van der Waals surface area contributed by atoms with Gasteiger partial charge >= 0.3 is 0 Å². The van der Waals surface area contributed by atoms with E-state index in [-0.39, 0.29) is 12.4 Å². The third-order valence-electron chi connectivity index (χ3n) is 2.49. The van der Waals surface area contributed by atoms with Crippen LogP contribution in [0, 0.1) is 5.82 Å². The van der Waals surface area contributed by atoms with Crippen molar-refractivity contribution >= 4 is 31.8 Å². The number of nitrogens with one attached hydrogen (secondary N) is 1. The zero-order valence-corrected chi connectivity index (χ0v) is 12.6. The van der Waals surface area contributed by atoms with Crippen molar-refractivity contribution in [3.63, 3.8) is 0 Å². The van der Waals surface area contributed by atoms with Crippen LogP contribution in [0.2, 0.25) is 0 Å². The van der Waals surface area contributed by atoms with Crippen LogP contribution in [-0.2, 0) is 16.6 Å². The fourth-order valence-corrected chi connectivity index (χ4v) is 2.82. The molecule has 1 heterocycles. The Morgan fingerprint density at radius 2 is 2.05 bits per heavy atom. The zero-order chi connectivity index (χ0) is 14.8. The lowest BCUT2D eigenvalue weighted by molar-refractivity contribution is 0.569. The summed E-state index contributed by atoms with van der Waals surface area (Å²) in [7, 11) is -4.03. The van der Waals surface area contributed by atoms with Gasteiger partial charge in [0.25, 0.3) is 10.0 Å². The number of nitrogens with zero attached hydrogens (tertiary/aromatic N) is 1. The maximum Gasteiger partial charge on any atom is 0.265 e. The summed E-state index contributed by atoms with van der Waals surface area (Å²) >= 11 is 3.19. The number of nitrogens with two attached hydrogens (primary N) is 1. The Hall–Kier alpha value is -1.51. The predicted molar refractivity (Wildman–Crippen MR) is 77.0 cm³/mol. The molecule has 0 atom stereocenters. The van der Waals surface area contributed by atoms with E-state index in [1.807, 2.05) is 0 Å². The van der Waals surface area contributed by atoms with E-state index in [0.29, 0.717) is 10.0 Å². The minimum absolute atomic E-state index is 0.107. The summed E-state index contributed by atoms with van der Waals surface area (Å²) in [5.41, 5.74) is 5.89. The SMILES string of the molecule is NCc1ccc(S(=O)(=O)Nc2ccc(Br)cn2)c(F)c1. The van der Waals surface area contributed by atoms with E-state index in [0.717, 1.165) is 6.07 Å². The van der Waals surface area contributed by atoms with E-state index in [1.165, 1.54) is 24.4 Å². The molecule has 3 N–H and O–H groups in total. The minimum Gasteiger partial charge on any atom is -0.326 e. The van der Waals surface area contributed by atoms with Crippen LogP contribution in [0.3, 0.4) is 0 Å². The molecule has 0 saturated heterocycles. The van der Waals surface area contributed by atoms with Gasteiger partial charge in [0.15, 0.2) is 0 Å². The molecule has 5 nitrogen and oxygen atoms in total. The van der Waals surface area contributed by atoms with Gasteiger partial charge in [0.05, 0.1) is 0 Å². The molecule has 0 fully saturated rings. The molecule has 2 rings (SSSR count). The molecule has 0 aliphatic heterocycles. The largest absolute Gasteiger partial charge is 0.326 e. The van der Waals surface area contributed by atoms with Crippen molar-refractivity contribution in [1.29, 1.82) is 0 Å². The molecule has 0 aliphatic carbocycles. The van der Waals surface area contributed by atoms with Gasteiger partial charge < -0.3 is 5.73 Å². The average Bonchev–Trinajstić information content (AvgIpc) is 2.40. The second kappa shape index (κ2) is 5.86. The van der Waals surface area contributed by atoms with Crippen LogP contribution in [0.4, 0.5) is 10.2 Å². The Balaban J connectivity index is 2.33. The number of pyridine rings is 1. The summed E-state index contributed by atoms with van der Waals surface area (Å²) < 4.78 is 40.9. The molecule has 106 valence electrons. The first-order chi connectivity index (χ1) is 9.42. The summed E-state index contributed by atoms with van der Waals surface area (Å²) in [6.45, 7) is 0.138. The van der Waals surface area contributed by atoms with E-state index in [2.05, 4.69) is 25.6 Å². The summed E-state index contributed by atoms with van der Waals surface area (Å²) in [5, 5.41) is 0. The van der Waals surface area contributed by atoms with Crippen molar-refractivity contribution < 1.29 is 12.8 Å². The number of halogens is 2. The van der Waals surface area contributed by atoms with Gasteiger partial charge in [-0.1, -0.05) is 6.07 Å². The molecule has 0 bridgehead atoms. The van der Waals surface area contributed by atoms with Gasteiger partial charge in [-0.25, -0.2) is 17.8 Å². The fourth-order valence-electron chi connectivity index (χ4n) is 1.52. The van der Waals surface area contributed by atoms with E-state index < -0.39 is 20.7 Å². The van der Waals surface area contributed by atoms with Crippen LogP contribution in [0.1, 0.15) is 5.56 Å². The molecule has 0 aliphatic rings. The maximum atomic E-state index is 13.8. The molecule has 1 aromatic heterocycles. The monoisotopic (exact) mass is 359 g/mol. The molecular formula is C12H11BrFN3O2S. The zero-order valence-electron chi connectivity index (χ0n) is 10.2. The van der Waals surface area contributed by atoms with Crippen LogP contribution < -0.4 is 10.5 Å². The highest BCUT2D eigenvalue weighted by molar-refractivity contribution is 9.10. The lowest BCUT2D eigenvalue weighted by Gasteiger charge is -2.09. The Morgan fingerprint density at radius 3 is 2.60 bits per heavy atom. The third-order valence-corrected chi connectivity index (χ3v) is 4.34. The first-order valence-electron chi connectivity index (χ1n) is 5.55. The summed E-state index contributed by atoms with van der Waals surface area (Å²) in [4.78, 5) is 3.43. The van der Waals surface area contributed by atoms with Crippen molar-refractivity contribution in [2.24, 2.45) is 5.73 Å². The number of anilines is 1. The third kappa shape index (κ3) is 3.33. The Morgan fingerprint density at radius 1 is 1.30 bits per heavy atom. The van der Waals surface area contributed by atoms with E-state index in [4.69, 9.17) is 5.73 Å². The van der Waals surface area contributed by atoms with Gasteiger partial charge in [0.2, 0.25) is 0 Å². The second-order valence-electron chi connectivity index (χ2n) is 3.94. The number of hydrogen-bond donors (Lipinski definition) is 2. The number of hydrogen-bond acceptors (Lipinski definition) is 4. The normalized spacial score (nSPS) is 11.3. The van der Waals surface area contributed by atoms with Crippen LogP contribution >= 0.6 is 15.9 Å². The van der Waals surface area contributed by atoms with Gasteiger partial charge in [0, 0.05) is 17.2 Å². The Kier molecular flexibility index (Phi) is 4.36. The van der Waals surface area contributed by atoms with Crippen molar-refractivity contribution in [1.82, 2.24) is 4.98 Å². The van der Waals surface area contributed by atoms with Gasteiger partial charge in [-0.3, -0.25) is 4.72 Å². The smallest absolute Gasteiger partial charge is 0.265 e. The van der Waals surface area contributed by atoms with E-state index in [9.17, 15) is 12.8 Å². The molecule has 8 heteroatoms. The quantitative estimate of drug-likeness (QED) is 0.876. The summed E-state index contributed by atoms with van der Waals surface area (Å²) in [6.07, 6.45) is 1.44. The first kappa shape index (κ1) is 14.9. The van der Waals surface area contributed by atoms with Gasteiger partial charge in [-0.2, -0.15) is 0 Å². The topological polar surface area (TPSA) is 85.1 Å². The lowest BCUT2D eigenvalue weighted by Crippen LogP contribution is -2.15. The highest BCUT2D eigenvalue weighted by atomic mass is 79.9. The second-order valence-corrected chi connectivity index (χ2v) is 6.50. The lowest BCUT2D eigenvalue weighted by atomic mass is 10.2. The maximum absolute atomic E-state index is 13.8. The highest BCUT2D eigenvalue weighted by Crippen LogP contribution is 2.19. The molecule has 0 radical (unpaired) electrons. The molecule has 20 heavy (non-hydrogen) atoms. The molecule has 0 unspecified atom stereocenters.